The molecule has 2 heterocycles. The van der Waals surface area contributed by atoms with Crippen LogP contribution in [0.4, 0.5) is 4.39 Å². The lowest BCUT2D eigenvalue weighted by atomic mass is 9.96. The molecule has 0 amide bonds. The molecule has 2 aromatic carbocycles. The molecule has 0 radical (unpaired) electrons. The molecule has 22 heavy (non-hydrogen) atoms. The highest BCUT2D eigenvalue weighted by Crippen LogP contribution is 2.37. The van der Waals surface area contributed by atoms with Crippen molar-refractivity contribution in [3.8, 4) is 22.6 Å². The summed E-state index contributed by atoms with van der Waals surface area (Å²) in [4.78, 5) is 12.4. The van der Waals surface area contributed by atoms with Gasteiger partial charge in [-0.2, -0.15) is 0 Å². The van der Waals surface area contributed by atoms with E-state index in [1.165, 1.54) is 24.3 Å². The molecule has 4 rings (SSSR count). The minimum absolute atomic E-state index is 0.0305. The van der Waals surface area contributed by atoms with E-state index in [-0.39, 0.29) is 5.75 Å². The van der Waals surface area contributed by atoms with Crippen molar-refractivity contribution in [3.05, 3.63) is 58.2 Å². The molecule has 1 aliphatic rings. The first kappa shape index (κ1) is 12.9. The molecular weight excluding hydrogens is 287 g/mol. The van der Waals surface area contributed by atoms with Crippen molar-refractivity contribution in [2.75, 3.05) is 6.61 Å². The number of ether oxygens (including phenoxy) is 1. The fraction of sp³-hybridized carbons (Fsp3) is 0.118. The molecule has 3 aromatic rings. The summed E-state index contributed by atoms with van der Waals surface area (Å²) in [6, 6.07) is 8.75. The number of phenols is 1. The van der Waals surface area contributed by atoms with Crippen molar-refractivity contribution < 1.29 is 18.7 Å². The lowest BCUT2D eigenvalue weighted by Gasteiger charge is -2.09. The molecule has 110 valence electrons. The average molecular weight is 298 g/mol. The second-order valence-corrected chi connectivity index (χ2v) is 5.16. The van der Waals surface area contributed by atoms with Crippen LogP contribution >= 0.6 is 0 Å². The average Bonchev–Trinajstić information content (AvgIpc) is 2.66. The van der Waals surface area contributed by atoms with Crippen molar-refractivity contribution in [1.29, 1.82) is 0 Å². The van der Waals surface area contributed by atoms with E-state index in [9.17, 15) is 14.3 Å². The second-order valence-electron chi connectivity index (χ2n) is 5.16. The molecular formula is C17H11FO4. The number of halogens is 1. The first-order valence-corrected chi connectivity index (χ1v) is 6.85. The van der Waals surface area contributed by atoms with Crippen LogP contribution in [0.5, 0.6) is 11.5 Å². The van der Waals surface area contributed by atoms with Crippen LogP contribution in [0.2, 0.25) is 0 Å². The third kappa shape index (κ3) is 1.86. The molecule has 4 nitrogen and oxygen atoms in total. The maximum Gasteiger partial charge on any atom is 0.344 e. The van der Waals surface area contributed by atoms with E-state index in [0.717, 1.165) is 10.9 Å². The van der Waals surface area contributed by atoms with Gasteiger partial charge in [-0.3, -0.25) is 0 Å². The van der Waals surface area contributed by atoms with Crippen LogP contribution in [0.25, 0.3) is 22.1 Å². The Kier molecular flexibility index (Phi) is 2.69. The third-order valence-corrected chi connectivity index (χ3v) is 3.82. The van der Waals surface area contributed by atoms with Gasteiger partial charge in [-0.05, 0) is 29.8 Å². The van der Waals surface area contributed by atoms with Crippen LogP contribution in [-0.2, 0) is 6.42 Å². The van der Waals surface area contributed by atoms with E-state index in [0.29, 0.717) is 35.5 Å². The van der Waals surface area contributed by atoms with Gasteiger partial charge in [0.15, 0.2) is 0 Å². The molecule has 0 spiro atoms. The molecule has 0 atom stereocenters. The zero-order valence-corrected chi connectivity index (χ0v) is 11.4. The lowest BCUT2D eigenvalue weighted by molar-refractivity contribution is 0.325. The molecule has 0 fully saturated rings. The van der Waals surface area contributed by atoms with Gasteiger partial charge in [-0.15, -0.1) is 0 Å². The van der Waals surface area contributed by atoms with Crippen molar-refractivity contribution in [1.82, 2.24) is 0 Å². The van der Waals surface area contributed by atoms with Crippen molar-refractivity contribution >= 4 is 11.0 Å². The number of hydrogen-bond donors (Lipinski definition) is 1. The van der Waals surface area contributed by atoms with Crippen molar-refractivity contribution in [3.63, 3.8) is 0 Å². The Morgan fingerprint density at radius 1 is 1.14 bits per heavy atom. The number of benzene rings is 2. The summed E-state index contributed by atoms with van der Waals surface area (Å²) in [5.74, 6) is -0.0515. The normalized spacial score (nSPS) is 13.1. The monoisotopic (exact) mass is 298 g/mol. The van der Waals surface area contributed by atoms with Gasteiger partial charge in [0, 0.05) is 29.5 Å². The number of rotatable bonds is 0. The molecule has 0 saturated heterocycles. The lowest BCUT2D eigenvalue weighted by Crippen LogP contribution is -2.07. The van der Waals surface area contributed by atoms with E-state index in [2.05, 4.69) is 0 Å². The zero-order chi connectivity index (χ0) is 15.3. The summed E-state index contributed by atoms with van der Waals surface area (Å²) < 4.78 is 24.3. The maximum absolute atomic E-state index is 13.4. The quantitative estimate of drug-likeness (QED) is 0.647. The Balaban J connectivity index is 2.12. The summed E-state index contributed by atoms with van der Waals surface area (Å²) in [7, 11) is 0. The summed E-state index contributed by atoms with van der Waals surface area (Å²) in [6.07, 6.45) is 0.499. The van der Waals surface area contributed by atoms with Gasteiger partial charge >= 0.3 is 5.63 Å². The molecule has 0 unspecified atom stereocenters. The number of aromatic hydroxyl groups is 1. The molecule has 0 bridgehead atoms. The minimum atomic E-state index is -0.522. The molecule has 0 saturated carbocycles. The molecule has 5 heteroatoms. The minimum Gasteiger partial charge on any atom is -0.508 e. The fourth-order valence-electron chi connectivity index (χ4n) is 2.87. The molecule has 0 aliphatic carbocycles. The van der Waals surface area contributed by atoms with E-state index in [1.807, 2.05) is 0 Å². The first-order chi connectivity index (χ1) is 10.6. The van der Waals surface area contributed by atoms with Gasteiger partial charge in [0.25, 0.3) is 0 Å². The van der Waals surface area contributed by atoms with Crippen LogP contribution in [0, 0.1) is 5.82 Å². The van der Waals surface area contributed by atoms with Crippen LogP contribution in [0.3, 0.4) is 0 Å². The van der Waals surface area contributed by atoms with Crippen LogP contribution in [0.1, 0.15) is 5.56 Å². The number of hydrogen-bond acceptors (Lipinski definition) is 4. The van der Waals surface area contributed by atoms with Gasteiger partial charge < -0.3 is 14.3 Å². The SMILES string of the molecule is O=c1oc2cc(O)ccc2c2c1-c1ccc(F)cc1OCC2. The van der Waals surface area contributed by atoms with E-state index in [1.54, 1.807) is 12.1 Å². The molecule has 1 aromatic heterocycles. The fourth-order valence-corrected chi connectivity index (χ4v) is 2.87. The van der Waals surface area contributed by atoms with Gasteiger partial charge in [0.1, 0.15) is 22.9 Å². The zero-order valence-electron chi connectivity index (χ0n) is 11.4. The highest BCUT2D eigenvalue weighted by molar-refractivity contribution is 5.89. The third-order valence-electron chi connectivity index (χ3n) is 3.82. The van der Waals surface area contributed by atoms with Crippen molar-refractivity contribution in [2.24, 2.45) is 0 Å². The van der Waals surface area contributed by atoms with E-state index < -0.39 is 11.4 Å². The van der Waals surface area contributed by atoms with Crippen molar-refractivity contribution in [2.45, 2.75) is 6.42 Å². The predicted molar refractivity (Wildman–Crippen MR) is 78.7 cm³/mol. The standard InChI is InChI=1S/C17H11FO4/c18-9-1-3-13-14(7-9)21-6-5-12-11-4-2-10(19)8-15(11)22-17(20)16(12)13/h1-4,7-8,19H,5-6H2. The van der Waals surface area contributed by atoms with Crippen LogP contribution in [-0.4, -0.2) is 11.7 Å². The highest BCUT2D eigenvalue weighted by Gasteiger charge is 2.22. The van der Waals surface area contributed by atoms with Crippen LogP contribution < -0.4 is 10.4 Å². The second kappa shape index (κ2) is 4.59. The topological polar surface area (TPSA) is 59.7 Å². The summed E-state index contributed by atoms with van der Waals surface area (Å²) in [5, 5.41) is 10.3. The van der Waals surface area contributed by atoms with Gasteiger partial charge in [0.05, 0.1) is 12.2 Å². The Bertz CT molecular complexity index is 959. The highest BCUT2D eigenvalue weighted by atomic mass is 19.1. The summed E-state index contributed by atoms with van der Waals surface area (Å²) in [5.41, 5.74) is 1.51. The van der Waals surface area contributed by atoms with E-state index >= 15 is 0 Å². The smallest absolute Gasteiger partial charge is 0.344 e. The predicted octanol–water partition coefficient (Wildman–Crippen LogP) is 3.24. The largest absolute Gasteiger partial charge is 0.508 e. The number of phenolic OH excluding ortho intramolecular Hbond substituents is 1. The van der Waals surface area contributed by atoms with Gasteiger partial charge in [-0.1, -0.05) is 0 Å². The first-order valence-electron chi connectivity index (χ1n) is 6.85. The Morgan fingerprint density at radius 3 is 2.86 bits per heavy atom. The maximum atomic E-state index is 13.4. The Morgan fingerprint density at radius 2 is 2.00 bits per heavy atom. The Labute approximate surface area is 124 Å². The molecule has 1 N–H and O–H groups in total. The summed E-state index contributed by atoms with van der Waals surface area (Å²) >= 11 is 0. The van der Waals surface area contributed by atoms with Gasteiger partial charge in [0.2, 0.25) is 0 Å². The Hall–Kier alpha value is -2.82. The van der Waals surface area contributed by atoms with E-state index in [4.69, 9.17) is 9.15 Å². The number of fused-ring (bicyclic) bond motifs is 5. The van der Waals surface area contributed by atoms with Gasteiger partial charge in [-0.25, -0.2) is 9.18 Å². The summed E-state index contributed by atoms with van der Waals surface area (Å²) in [6.45, 7) is 0.336. The van der Waals surface area contributed by atoms with Crippen LogP contribution in [0.15, 0.2) is 45.6 Å². The molecule has 1 aliphatic heterocycles.